The number of aryl methyl sites for hydroxylation is 4. The van der Waals surface area contributed by atoms with Gasteiger partial charge in [-0.2, -0.15) is 5.10 Å². The number of fused-ring (bicyclic) bond motifs is 1. The first kappa shape index (κ1) is 15.2. The number of carbonyl (C=O) groups is 1. The average Bonchev–Trinajstić information content (AvgIpc) is 2.91. The first-order valence-electron chi connectivity index (χ1n) is 7.51. The van der Waals surface area contributed by atoms with Crippen LogP contribution in [0.1, 0.15) is 44.0 Å². The van der Waals surface area contributed by atoms with E-state index in [9.17, 15) is 9.90 Å². The summed E-state index contributed by atoms with van der Waals surface area (Å²) < 4.78 is 1.62. The number of rotatable bonds is 3. The van der Waals surface area contributed by atoms with E-state index in [4.69, 9.17) is 0 Å². The Labute approximate surface area is 134 Å². The molecule has 0 bridgehead atoms. The molecule has 2 heterocycles. The number of carboxylic acid groups (broad SMARTS) is 1. The summed E-state index contributed by atoms with van der Waals surface area (Å²) in [5.74, 6) is -1.01. The fraction of sp³-hybridized carbons (Fsp3) is 0.278. The monoisotopic (exact) mass is 309 g/mol. The van der Waals surface area contributed by atoms with E-state index in [1.807, 2.05) is 13.8 Å². The lowest BCUT2D eigenvalue weighted by Gasteiger charge is -2.13. The molecular weight excluding hydrogens is 290 g/mol. The van der Waals surface area contributed by atoms with Crippen LogP contribution in [0.15, 0.2) is 24.4 Å². The minimum absolute atomic E-state index is 0.134. The lowest BCUT2D eigenvalue weighted by molar-refractivity contribution is 0.0698. The molecule has 5 heteroatoms. The SMILES string of the molecule is Cc1ccc(C)c(Cc2c(C)nc3c(C(=O)O)cnn3c2C)c1. The summed E-state index contributed by atoms with van der Waals surface area (Å²) in [6.45, 7) is 8.06. The highest BCUT2D eigenvalue weighted by Gasteiger charge is 2.18. The van der Waals surface area contributed by atoms with Gasteiger partial charge in [0.05, 0.1) is 6.20 Å². The zero-order valence-electron chi connectivity index (χ0n) is 13.7. The van der Waals surface area contributed by atoms with E-state index >= 15 is 0 Å². The van der Waals surface area contributed by atoms with Gasteiger partial charge in [0.2, 0.25) is 0 Å². The molecule has 0 aliphatic heterocycles. The molecule has 0 fully saturated rings. The number of hydrogen-bond donors (Lipinski definition) is 1. The topological polar surface area (TPSA) is 67.5 Å². The van der Waals surface area contributed by atoms with Crippen LogP contribution in [0.4, 0.5) is 0 Å². The second-order valence-electron chi connectivity index (χ2n) is 5.97. The second-order valence-corrected chi connectivity index (χ2v) is 5.97. The van der Waals surface area contributed by atoms with Crippen LogP contribution in [-0.2, 0) is 6.42 Å². The summed E-state index contributed by atoms with van der Waals surface area (Å²) in [6.07, 6.45) is 2.12. The van der Waals surface area contributed by atoms with Crippen LogP contribution in [0.5, 0.6) is 0 Å². The van der Waals surface area contributed by atoms with Gasteiger partial charge in [-0.15, -0.1) is 0 Å². The molecule has 0 aliphatic carbocycles. The number of carboxylic acids is 1. The maximum Gasteiger partial charge on any atom is 0.341 e. The molecule has 1 aromatic carbocycles. The Balaban J connectivity index is 2.15. The molecule has 0 saturated carbocycles. The van der Waals surface area contributed by atoms with Crippen molar-refractivity contribution in [1.82, 2.24) is 14.6 Å². The van der Waals surface area contributed by atoms with Crippen LogP contribution < -0.4 is 0 Å². The van der Waals surface area contributed by atoms with Crippen LogP contribution >= 0.6 is 0 Å². The first-order chi connectivity index (χ1) is 10.9. The summed E-state index contributed by atoms with van der Waals surface area (Å²) in [7, 11) is 0. The highest BCUT2D eigenvalue weighted by atomic mass is 16.4. The van der Waals surface area contributed by atoms with E-state index in [2.05, 4.69) is 42.1 Å². The van der Waals surface area contributed by atoms with Gasteiger partial charge in [0.25, 0.3) is 0 Å². The molecule has 0 saturated heterocycles. The van der Waals surface area contributed by atoms with E-state index < -0.39 is 5.97 Å². The van der Waals surface area contributed by atoms with Gasteiger partial charge in [0.15, 0.2) is 5.65 Å². The smallest absolute Gasteiger partial charge is 0.341 e. The minimum Gasteiger partial charge on any atom is -0.477 e. The zero-order valence-corrected chi connectivity index (χ0v) is 13.7. The van der Waals surface area contributed by atoms with Gasteiger partial charge in [0, 0.05) is 17.8 Å². The van der Waals surface area contributed by atoms with E-state index in [1.165, 1.54) is 22.9 Å². The average molecular weight is 309 g/mol. The predicted molar refractivity (Wildman–Crippen MR) is 88.1 cm³/mol. The Morgan fingerprint density at radius 3 is 2.65 bits per heavy atom. The number of aromatic carboxylic acids is 1. The molecule has 0 aliphatic rings. The van der Waals surface area contributed by atoms with Gasteiger partial charge in [0.1, 0.15) is 5.56 Å². The highest BCUT2D eigenvalue weighted by Crippen LogP contribution is 2.22. The normalized spacial score (nSPS) is 11.1. The Kier molecular flexibility index (Phi) is 3.64. The summed E-state index contributed by atoms with van der Waals surface area (Å²) in [6, 6.07) is 6.41. The highest BCUT2D eigenvalue weighted by molar-refractivity contribution is 5.94. The van der Waals surface area contributed by atoms with Crippen LogP contribution in [0.2, 0.25) is 0 Å². The van der Waals surface area contributed by atoms with E-state index in [0.29, 0.717) is 5.65 Å². The van der Waals surface area contributed by atoms with Gasteiger partial charge in [-0.3, -0.25) is 0 Å². The molecular formula is C18H19N3O2. The predicted octanol–water partition coefficient (Wildman–Crippen LogP) is 3.25. The third-order valence-corrected chi connectivity index (χ3v) is 4.31. The lowest BCUT2D eigenvalue weighted by atomic mass is 9.97. The van der Waals surface area contributed by atoms with Crippen molar-refractivity contribution in [2.75, 3.05) is 0 Å². The molecule has 3 aromatic rings. The van der Waals surface area contributed by atoms with Crippen molar-refractivity contribution >= 4 is 11.6 Å². The molecule has 118 valence electrons. The van der Waals surface area contributed by atoms with Crippen molar-refractivity contribution in [3.8, 4) is 0 Å². The van der Waals surface area contributed by atoms with Crippen LogP contribution in [0.25, 0.3) is 5.65 Å². The van der Waals surface area contributed by atoms with Crippen LogP contribution in [0.3, 0.4) is 0 Å². The number of aromatic nitrogens is 3. The van der Waals surface area contributed by atoms with E-state index in [-0.39, 0.29) is 5.56 Å². The Morgan fingerprint density at radius 2 is 1.96 bits per heavy atom. The summed E-state index contributed by atoms with van der Waals surface area (Å²) in [5.41, 5.74) is 7.11. The quantitative estimate of drug-likeness (QED) is 0.806. The van der Waals surface area contributed by atoms with Gasteiger partial charge < -0.3 is 5.11 Å². The number of benzene rings is 1. The molecule has 0 atom stereocenters. The van der Waals surface area contributed by atoms with Crippen LogP contribution in [0, 0.1) is 27.7 Å². The molecule has 3 rings (SSSR count). The number of hydrogen-bond acceptors (Lipinski definition) is 3. The third kappa shape index (κ3) is 2.59. The van der Waals surface area contributed by atoms with Gasteiger partial charge in [-0.05, 0) is 44.4 Å². The van der Waals surface area contributed by atoms with Gasteiger partial charge in [-0.25, -0.2) is 14.3 Å². The van der Waals surface area contributed by atoms with E-state index in [0.717, 1.165) is 23.4 Å². The molecule has 0 spiro atoms. The van der Waals surface area contributed by atoms with E-state index in [1.54, 1.807) is 4.52 Å². The van der Waals surface area contributed by atoms with Crippen LogP contribution in [-0.4, -0.2) is 25.7 Å². The molecule has 2 aromatic heterocycles. The van der Waals surface area contributed by atoms with Crippen molar-refractivity contribution in [1.29, 1.82) is 0 Å². The summed E-state index contributed by atoms with van der Waals surface area (Å²) >= 11 is 0. The molecule has 23 heavy (non-hydrogen) atoms. The van der Waals surface area contributed by atoms with Crippen molar-refractivity contribution < 1.29 is 9.90 Å². The van der Waals surface area contributed by atoms with Crippen molar-refractivity contribution in [3.05, 3.63) is 63.6 Å². The third-order valence-electron chi connectivity index (χ3n) is 4.31. The Morgan fingerprint density at radius 1 is 1.22 bits per heavy atom. The second kappa shape index (κ2) is 5.50. The standard InChI is InChI=1S/C18H19N3O2/c1-10-5-6-11(2)14(7-10)8-15-12(3)20-17-16(18(22)23)9-19-21(17)13(15)4/h5-7,9H,8H2,1-4H3,(H,22,23). The molecule has 0 unspecified atom stereocenters. The van der Waals surface area contributed by atoms with Gasteiger partial charge in [-0.1, -0.05) is 23.8 Å². The minimum atomic E-state index is -1.01. The first-order valence-corrected chi connectivity index (χ1v) is 7.51. The molecule has 5 nitrogen and oxygen atoms in total. The summed E-state index contributed by atoms with van der Waals surface area (Å²) in [5, 5.41) is 13.4. The largest absolute Gasteiger partial charge is 0.477 e. The summed E-state index contributed by atoms with van der Waals surface area (Å²) in [4.78, 5) is 15.7. The van der Waals surface area contributed by atoms with Crippen molar-refractivity contribution in [3.63, 3.8) is 0 Å². The van der Waals surface area contributed by atoms with Gasteiger partial charge >= 0.3 is 5.97 Å². The number of nitrogens with zero attached hydrogens (tertiary/aromatic N) is 3. The maximum absolute atomic E-state index is 11.3. The van der Waals surface area contributed by atoms with Crippen molar-refractivity contribution in [2.24, 2.45) is 0 Å². The Hall–Kier alpha value is -2.69. The fourth-order valence-electron chi connectivity index (χ4n) is 2.90. The van der Waals surface area contributed by atoms with Crippen molar-refractivity contribution in [2.45, 2.75) is 34.1 Å². The zero-order chi connectivity index (χ0) is 16.7. The molecule has 0 amide bonds. The Bertz CT molecular complexity index is 926. The lowest BCUT2D eigenvalue weighted by Crippen LogP contribution is -2.08. The maximum atomic E-state index is 11.3. The fourth-order valence-corrected chi connectivity index (χ4v) is 2.90. The molecule has 0 radical (unpaired) electrons. The molecule has 1 N–H and O–H groups in total.